The fourth-order valence-corrected chi connectivity index (χ4v) is 5.23. The van der Waals surface area contributed by atoms with E-state index in [0.29, 0.717) is 11.3 Å². The lowest BCUT2D eigenvalue weighted by Gasteiger charge is -2.16. The van der Waals surface area contributed by atoms with Crippen LogP contribution < -0.4 is 9.47 Å². The fourth-order valence-electron chi connectivity index (χ4n) is 5.23. The monoisotopic (exact) mass is 608 g/mol. The molecule has 2 atom stereocenters. The molecule has 0 amide bonds. The van der Waals surface area contributed by atoms with E-state index in [4.69, 9.17) is 14.2 Å². The number of unbranched alkanes of at least 4 members (excludes halogenated alkanes) is 7. The summed E-state index contributed by atoms with van der Waals surface area (Å²) in [5, 5.41) is 1.89. The molecule has 4 rings (SSSR count). The van der Waals surface area contributed by atoms with Crippen molar-refractivity contribution in [3.05, 3.63) is 96.1 Å². The number of carbonyl (C=O) groups is 2. The van der Waals surface area contributed by atoms with Gasteiger partial charge in [0.15, 0.2) is 0 Å². The molecule has 0 heterocycles. The molecule has 0 spiro atoms. The standard InChI is InChI=1S/C40H48O5/c1-5-7-8-9-10-11-12-13-26-43-37-23-20-32(21-24-37)31-14-16-33(17-15-31)40(42)45-38-25-22-35-27-34(18-19-36(35)28-38)30(4)39(41)44-29(3)6-2/h14-25,27-30H,5-13,26H2,1-4H3/t29-,30+/m1/s1. The summed E-state index contributed by atoms with van der Waals surface area (Å²) < 4.78 is 17.1. The molecular formula is C40H48O5. The highest BCUT2D eigenvalue weighted by Gasteiger charge is 2.19. The van der Waals surface area contributed by atoms with Crippen LogP contribution in [0.15, 0.2) is 84.9 Å². The summed E-state index contributed by atoms with van der Waals surface area (Å²) in [6, 6.07) is 26.9. The molecule has 0 fully saturated rings. The SMILES string of the molecule is CCCCCCCCCCOc1ccc(-c2ccc(C(=O)Oc3ccc4cc([C@H](C)C(=O)O[C@H](C)CC)ccc4c3)cc2)cc1. The Labute approximate surface area is 268 Å². The lowest BCUT2D eigenvalue weighted by molar-refractivity contribution is -0.149. The third-order valence-corrected chi connectivity index (χ3v) is 8.37. The van der Waals surface area contributed by atoms with Gasteiger partial charge in [-0.05, 0) is 90.6 Å². The third kappa shape index (κ3) is 10.2. The van der Waals surface area contributed by atoms with Crippen LogP contribution in [0.3, 0.4) is 0 Å². The smallest absolute Gasteiger partial charge is 0.343 e. The maximum atomic E-state index is 12.9. The van der Waals surface area contributed by atoms with Crippen molar-refractivity contribution in [3.8, 4) is 22.6 Å². The zero-order chi connectivity index (χ0) is 32.0. The minimum Gasteiger partial charge on any atom is -0.494 e. The second-order valence-corrected chi connectivity index (χ2v) is 12.0. The van der Waals surface area contributed by atoms with Crippen LogP contribution in [0.2, 0.25) is 0 Å². The molecule has 0 saturated heterocycles. The second-order valence-electron chi connectivity index (χ2n) is 12.0. The molecule has 238 valence electrons. The number of hydrogen-bond donors (Lipinski definition) is 0. The van der Waals surface area contributed by atoms with Crippen LogP contribution in [0.25, 0.3) is 21.9 Å². The van der Waals surface area contributed by atoms with Gasteiger partial charge in [0, 0.05) is 0 Å². The first-order valence-corrected chi connectivity index (χ1v) is 16.7. The van der Waals surface area contributed by atoms with E-state index in [9.17, 15) is 9.59 Å². The van der Waals surface area contributed by atoms with Crippen LogP contribution in [0, 0.1) is 0 Å². The zero-order valence-electron chi connectivity index (χ0n) is 27.3. The van der Waals surface area contributed by atoms with E-state index in [1.165, 1.54) is 44.9 Å². The summed E-state index contributed by atoms with van der Waals surface area (Å²) in [7, 11) is 0. The lowest BCUT2D eigenvalue weighted by atomic mass is 9.97. The topological polar surface area (TPSA) is 61.8 Å². The van der Waals surface area contributed by atoms with Crippen molar-refractivity contribution >= 4 is 22.7 Å². The molecule has 4 aromatic carbocycles. The van der Waals surface area contributed by atoms with Gasteiger partial charge in [0.1, 0.15) is 11.5 Å². The largest absolute Gasteiger partial charge is 0.494 e. The maximum absolute atomic E-state index is 12.9. The highest BCUT2D eigenvalue weighted by molar-refractivity contribution is 5.93. The first kappa shape index (κ1) is 33.8. The second kappa shape index (κ2) is 17.4. The van der Waals surface area contributed by atoms with Crippen molar-refractivity contribution in [1.29, 1.82) is 0 Å². The Kier molecular flexibility index (Phi) is 13.0. The van der Waals surface area contributed by atoms with Gasteiger partial charge < -0.3 is 14.2 Å². The van der Waals surface area contributed by atoms with Crippen molar-refractivity contribution in [2.75, 3.05) is 6.61 Å². The van der Waals surface area contributed by atoms with Crippen molar-refractivity contribution in [2.24, 2.45) is 0 Å². The number of rotatable bonds is 17. The van der Waals surface area contributed by atoms with Crippen LogP contribution in [0.4, 0.5) is 0 Å². The molecule has 45 heavy (non-hydrogen) atoms. The average molecular weight is 609 g/mol. The number of fused-ring (bicyclic) bond motifs is 1. The van der Waals surface area contributed by atoms with Crippen molar-refractivity contribution in [3.63, 3.8) is 0 Å². The van der Waals surface area contributed by atoms with Crippen molar-refractivity contribution in [1.82, 2.24) is 0 Å². The molecule has 0 aliphatic carbocycles. The minimum absolute atomic E-state index is 0.102. The molecule has 0 bridgehead atoms. The van der Waals surface area contributed by atoms with Gasteiger partial charge in [-0.25, -0.2) is 4.79 Å². The molecule has 0 aliphatic rings. The van der Waals surface area contributed by atoms with Gasteiger partial charge in [-0.2, -0.15) is 0 Å². The molecule has 0 N–H and O–H groups in total. The quantitative estimate of drug-likeness (QED) is 0.0678. The number of esters is 2. The molecular weight excluding hydrogens is 560 g/mol. The van der Waals surface area contributed by atoms with Gasteiger partial charge in [-0.3, -0.25) is 4.79 Å². The summed E-state index contributed by atoms with van der Waals surface area (Å²) in [5.74, 6) is 0.349. The van der Waals surface area contributed by atoms with E-state index < -0.39 is 5.97 Å². The average Bonchev–Trinajstić information content (AvgIpc) is 3.07. The Balaban J connectivity index is 1.27. The first-order chi connectivity index (χ1) is 21.9. The molecule has 0 aromatic heterocycles. The zero-order valence-corrected chi connectivity index (χ0v) is 27.3. The van der Waals surface area contributed by atoms with E-state index in [0.717, 1.165) is 52.7 Å². The van der Waals surface area contributed by atoms with E-state index in [1.807, 2.05) is 87.5 Å². The Morgan fingerprint density at radius 1 is 0.644 bits per heavy atom. The number of carbonyl (C=O) groups excluding carboxylic acids is 2. The maximum Gasteiger partial charge on any atom is 0.343 e. The molecule has 4 aromatic rings. The van der Waals surface area contributed by atoms with Gasteiger partial charge >= 0.3 is 11.9 Å². The Morgan fingerprint density at radius 2 is 1.22 bits per heavy atom. The highest BCUT2D eigenvalue weighted by Crippen LogP contribution is 2.28. The predicted octanol–water partition coefficient (Wildman–Crippen LogP) is 10.7. The lowest BCUT2D eigenvalue weighted by Crippen LogP contribution is -2.19. The van der Waals surface area contributed by atoms with Crippen LogP contribution >= 0.6 is 0 Å². The Hall–Kier alpha value is -4.12. The van der Waals surface area contributed by atoms with E-state index in [-0.39, 0.29) is 18.0 Å². The van der Waals surface area contributed by atoms with Gasteiger partial charge in [0.05, 0.1) is 24.2 Å². The van der Waals surface area contributed by atoms with Crippen LogP contribution in [-0.2, 0) is 9.53 Å². The van der Waals surface area contributed by atoms with Gasteiger partial charge in [-0.15, -0.1) is 0 Å². The van der Waals surface area contributed by atoms with Crippen LogP contribution in [0.5, 0.6) is 11.5 Å². The summed E-state index contributed by atoms with van der Waals surface area (Å²) in [6.45, 7) is 8.75. The minimum atomic E-state index is -0.413. The molecule has 5 heteroatoms. The molecule has 0 saturated carbocycles. The van der Waals surface area contributed by atoms with Gasteiger partial charge in [-0.1, -0.05) is 107 Å². The highest BCUT2D eigenvalue weighted by atomic mass is 16.5. The molecule has 0 unspecified atom stereocenters. The predicted molar refractivity (Wildman–Crippen MR) is 183 cm³/mol. The van der Waals surface area contributed by atoms with E-state index in [2.05, 4.69) is 6.92 Å². The van der Waals surface area contributed by atoms with Gasteiger partial charge in [0.25, 0.3) is 0 Å². The summed E-state index contributed by atoms with van der Waals surface area (Å²) >= 11 is 0. The van der Waals surface area contributed by atoms with E-state index in [1.54, 1.807) is 18.2 Å². The number of benzene rings is 4. The Morgan fingerprint density at radius 3 is 1.89 bits per heavy atom. The number of hydrogen-bond acceptors (Lipinski definition) is 5. The third-order valence-electron chi connectivity index (χ3n) is 8.37. The van der Waals surface area contributed by atoms with Crippen molar-refractivity contribution < 1.29 is 23.8 Å². The van der Waals surface area contributed by atoms with Gasteiger partial charge in [0.2, 0.25) is 0 Å². The first-order valence-electron chi connectivity index (χ1n) is 16.7. The molecule has 5 nitrogen and oxygen atoms in total. The summed E-state index contributed by atoms with van der Waals surface area (Å²) in [5.41, 5.74) is 3.45. The summed E-state index contributed by atoms with van der Waals surface area (Å²) in [4.78, 5) is 25.4. The van der Waals surface area contributed by atoms with Crippen molar-refractivity contribution in [2.45, 2.75) is 97.5 Å². The van der Waals surface area contributed by atoms with Crippen LogP contribution in [0.1, 0.15) is 107 Å². The molecule has 0 radical (unpaired) electrons. The molecule has 0 aliphatic heterocycles. The number of ether oxygens (including phenoxy) is 3. The normalized spacial score (nSPS) is 12.4. The fraction of sp³-hybridized carbons (Fsp3) is 0.400. The van der Waals surface area contributed by atoms with Crippen LogP contribution in [-0.4, -0.2) is 24.6 Å². The van der Waals surface area contributed by atoms with E-state index >= 15 is 0 Å². The Bertz CT molecular complexity index is 1510. The summed E-state index contributed by atoms with van der Waals surface area (Å²) in [6.07, 6.45) is 11.0.